The maximum absolute atomic E-state index is 12.0. The molecule has 16 heavy (non-hydrogen) atoms. The van der Waals surface area contributed by atoms with Crippen LogP contribution in [0.3, 0.4) is 0 Å². The second kappa shape index (κ2) is 4.86. The summed E-state index contributed by atoms with van der Waals surface area (Å²) in [6.07, 6.45) is -6.19. The Bertz CT molecular complexity index is 280. The highest BCUT2D eigenvalue weighted by Gasteiger charge is 2.49. The fourth-order valence-electron chi connectivity index (χ4n) is 1.26. The molecule has 0 N–H and O–H groups in total. The van der Waals surface area contributed by atoms with Crippen molar-refractivity contribution in [2.75, 3.05) is 6.61 Å². The van der Waals surface area contributed by atoms with E-state index in [2.05, 4.69) is 11.3 Å². The highest BCUT2D eigenvalue weighted by Crippen LogP contribution is 2.35. The van der Waals surface area contributed by atoms with Gasteiger partial charge in [-0.1, -0.05) is 6.58 Å². The standard InChI is InChI=1S/C10H13F3O3/c1-6(2)9(14)15-4-3-7-5-8(16-7)10(11,12)13/h7-8H,1,3-5H2,2H3. The van der Waals surface area contributed by atoms with Gasteiger partial charge in [-0.3, -0.25) is 0 Å². The van der Waals surface area contributed by atoms with Gasteiger partial charge in [0.2, 0.25) is 0 Å². The van der Waals surface area contributed by atoms with Crippen LogP contribution in [-0.2, 0) is 14.3 Å². The van der Waals surface area contributed by atoms with E-state index >= 15 is 0 Å². The van der Waals surface area contributed by atoms with E-state index in [0.29, 0.717) is 0 Å². The Labute approximate surface area is 91.2 Å². The number of hydrogen-bond donors (Lipinski definition) is 0. The van der Waals surface area contributed by atoms with Crippen LogP contribution in [0.5, 0.6) is 0 Å². The lowest BCUT2D eigenvalue weighted by Gasteiger charge is -2.36. The lowest BCUT2D eigenvalue weighted by molar-refractivity contribution is -0.287. The molecular weight excluding hydrogens is 225 g/mol. The van der Waals surface area contributed by atoms with Gasteiger partial charge in [0.15, 0.2) is 6.10 Å². The zero-order chi connectivity index (χ0) is 12.3. The first-order valence-electron chi connectivity index (χ1n) is 4.85. The van der Waals surface area contributed by atoms with Gasteiger partial charge >= 0.3 is 12.1 Å². The number of ether oxygens (including phenoxy) is 2. The molecule has 6 heteroatoms. The normalized spacial score (nSPS) is 24.8. The van der Waals surface area contributed by atoms with Crippen molar-refractivity contribution in [1.82, 2.24) is 0 Å². The van der Waals surface area contributed by atoms with Crippen LogP contribution in [0.15, 0.2) is 12.2 Å². The Morgan fingerprint density at radius 1 is 1.56 bits per heavy atom. The predicted octanol–water partition coefficient (Wildman–Crippen LogP) is 2.22. The minimum absolute atomic E-state index is 0.0565. The molecule has 0 aromatic rings. The van der Waals surface area contributed by atoms with Crippen molar-refractivity contribution in [2.45, 2.75) is 38.1 Å². The fraction of sp³-hybridized carbons (Fsp3) is 0.700. The first-order valence-corrected chi connectivity index (χ1v) is 4.85. The Morgan fingerprint density at radius 3 is 2.56 bits per heavy atom. The number of carbonyl (C=O) groups excluding carboxylic acids is 1. The molecule has 0 radical (unpaired) electrons. The Kier molecular flexibility index (Phi) is 3.96. The molecule has 0 aliphatic carbocycles. The van der Waals surface area contributed by atoms with Gasteiger partial charge in [-0.25, -0.2) is 4.79 Å². The van der Waals surface area contributed by atoms with Crippen LogP contribution < -0.4 is 0 Å². The van der Waals surface area contributed by atoms with Crippen LogP contribution in [0.2, 0.25) is 0 Å². The van der Waals surface area contributed by atoms with Gasteiger partial charge in [0.25, 0.3) is 0 Å². The molecule has 3 nitrogen and oxygen atoms in total. The number of alkyl halides is 3. The zero-order valence-electron chi connectivity index (χ0n) is 8.84. The van der Waals surface area contributed by atoms with Crippen LogP contribution in [0, 0.1) is 0 Å². The van der Waals surface area contributed by atoms with Crippen LogP contribution in [0.25, 0.3) is 0 Å². The minimum atomic E-state index is -4.29. The Balaban J connectivity index is 2.10. The van der Waals surface area contributed by atoms with E-state index in [1.807, 2.05) is 0 Å². The SMILES string of the molecule is C=C(C)C(=O)OCCC1CC(C(F)(F)F)O1. The zero-order valence-corrected chi connectivity index (χ0v) is 8.84. The summed E-state index contributed by atoms with van der Waals surface area (Å²) in [6, 6.07) is 0. The smallest absolute Gasteiger partial charge is 0.414 e. The van der Waals surface area contributed by atoms with Crippen molar-refractivity contribution in [3.05, 3.63) is 12.2 Å². The number of esters is 1. The van der Waals surface area contributed by atoms with Crippen molar-refractivity contribution < 1.29 is 27.4 Å². The van der Waals surface area contributed by atoms with E-state index < -0.39 is 24.4 Å². The Morgan fingerprint density at radius 2 is 2.12 bits per heavy atom. The lowest BCUT2D eigenvalue weighted by atomic mass is 10.0. The molecule has 1 aliphatic heterocycles. The average Bonchev–Trinajstić information content (AvgIpc) is 2.05. The number of carbonyl (C=O) groups is 1. The molecule has 0 spiro atoms. The van der Waals surface area contributed by atoms with Crippen LogP contribution in [0.4, 0.5) is 13.2 Å². The molecular formula is C10H13F3O3. The first kappa shape index (κ1) is 13.0. The molecule has 0 aromatic heterocycles. The second-order valence-electron chi connectivity index (χ2n) is 3.73. The summed E-state index contributed by atoms with van der Waals surface area (Å²) in [5.74, 6) is -0.535. The number of rotatable bonds is 4. The van der Waals surface area contributed by atoms with Crippen molar-refractivity contribution in [1.29, 1.82) is 0 Å². The summed E-state index contributed by atoms with van der Waals surface area (Å²) >= 11 is 0. The monoisotopic (exact) mass is 238 g/mol. The van der Waals surface area contributed by atoms with E-state index in [-0.39, 0.29) is 25.0 Å². The topological polar surface area (TPSA) is 35.5 Å². The minimum Gasteiger partial charge on any atom is -0.462 e. The van der Waals surface area contributed by atoms with E-state index in [0.717, 1.165) is 0 Å². The maximum Gasteiger partial charge on any atom is 0.414 e. The van der Waals surface area contributed by atoms with E-state index in [4.69, 9.17) is 4.74 Å². The summed E-state index contributed by atoms with van der Waals surface area (Å²) in [7, 11) is 0. The predicted molar refractivity (Wildman–Crippen MR) is 49.7 cm³/mol. The molecule has 2 unspecified atom stereocenters. The molecule has 2 atom stereocenters. The average molecular weight is 238 g/mol. The van der Waals surface area contributed by atoms with Crippen molar-refractivity contribution >= 4 is 5.97 Å². The number of halogens is 3. The lowest BCUT2D eigenvalue weighted by Crippen LogP contribution is -2.47. The van der Waals surface area contributed by atoms with Crippen LogP contribution in [0.1, 0.15) is 19.8 Å². The van der Waals surface area contributed by atoms with Crippen LogP contribution in [-0.4, -0.2) is 31.0 Å². The van der Waals surface area contributed by atoms with Gasteiger partial charge in [0.1, 0.15) is 0 Å². The number of hydrogen-bond acceptors (Lipinski definition) is 3. The molecule has 0 aromatic carbocycles. The van der Waals surface area contributed by atoms with Gasteiger partial charge in [0.05, 0.1) is 12.7 Å². The molecule has 1 aliphatic rings. The van der Waals surface area contributed by atoms with Gasteiger partial charge < -0.3 is 9.47 Å². The third kappa shape index (κ3) is 3.52. The van der Waals surface area contributed by atoms with Crippen molar-refractivity contribution in [3.8, 4) is 0 Å². The van der Waals surface area contributed by atoms with Crippen molar-refractivity contribution in [3.63, 3.8) is 0 Å². The van der Waals surface area contributed by atoms with Gasteiger partial charge in [-0.05, 0) is 6.92 Å². The molecule has 1 heterocycles. The Hall–Kier alpha value is -1.04. The van der Waals surface area contributed by atoms with Gasteiger partial charge in [-0.2, -0.15) is 13.2 Å². The fourth-order valence-corrected chi connectivity index (χ4v) is 1.26. The first-order chi connectivity index (χ1) is 7.30. The molecule has 92 valence electrons. The third-order valence-corrected chi connectivity index (χ3v) is 2.22. The highest BCUT2D eigenvalue weighted by atomic mass is 19.4. The largest absolute Gasteiger partial charge is 0.462 e. The van der Waals surface area contributed by atoms with E-state index in [1.165, 1.54) is 6.92 Å². The summed E-state index contributed by atoms with van der Waals surface area (Å²) in [4.78, 5) is 10.9. The summed E-state index contributed by atoms with van der Waals surface area (Å²) in [5.41, 5.74) is 0.266. The van der Waals surface area contributed by atoms with Gasteiger partial charge in [0, 0.05) is 18.4 Å². The van der Waals surface area contributed by atoms with Crippen molar-refractivity contribution in [2.24, 2.45) is 0 Å². The summed E-state index contributed by atoms with van der Waals surface area (Å²) < 4.78 is 45.4. The van der Waals surface area contributed by atoms with Crippen LogP contribution >= 0.6 is 0 Å². The second-order valence-corrected chi connectivity index (χ2v) is 3.73. The highest BCUT2D eigenvalue weighted by molar-refractivity contribution is 5.86. The quantitative estimate of drug-likeness (QED) is 0.556. The molecule has 0 bridgehead atoms. The maximum atomic E-state index is 12.0. The molecule has 1 saturated heterocycles. The summed E-state index contributed by atoms with van der Waals surface area (Å²) in [6.45, 7) is 4.94. The third-order valence-electron chi connectivity index (χ3n) is 2.22. The molecule has 0 amide bonds. The molecule has 1 fully saturated rings. The van der Waals surface area contributed by atoms with E-state index in [1.54, 1.807) is 0 Å². The molecule has 0 saturated carbocycles. The molecule has 1 rings (SSSR count). The summed E-state index contributed by atoms with van der Waals surface area (Å²) in [5, 5.41) is 0. The van der Waals surface area contributed by atoms with Gasteiger partial charge in [-0.15, -0.1) is 0 Å². The van der Waals surface area contributed by atoms with E-state index in [9.17, 15) is 18.0 Å².